The van der Waals surface area contributed by atoms with Crippen molar-refractivity contribution in [3.8, 4) is 0 Å². The van der Waals surface area contributed by atoms with Crippen molar-refractivity contribution in [2.45, 2.75) is 12.8 Å². The maximum Gasteiger partial charge on any atom is 0.328 e. The molecule has 0 heterocycles. The molecule has 1 aromatic carbocycles. The van der Waals surface area contributed by atoms with E-state index in [1.54, 1.807) is 6.08 Å². The van der Waals surface area contributed by atoms with Crippen LogP contribution in [-0.2, 0) is 4.79 Å². The molecular formula is C14H17NO2. The number of hydrogen-bond acceptors (Lipinski definition) is 2. The minimum absolute atomic E-state index is 0.867. The fraction of sp³-hybridized carbons (Fsp3) is 0.357. The molecule has 0 saturated heterocycles. The monoisotopic (exact) mass is 231 g/mol. The Hall–Kier alpha value is -1.77. The van der Waals surface area contributed by atoms with E-state index in [4.69, 9.17) is 5.11 Å². The van der Waals surface area contributed by atoms with Gasteiger partial charge in [-0.1, -0.05) is 12.1 Å². The normalized spacial score (nSPS) is 15.1. The number of hydrogen-bond donors (Lipinski definition) is 1. The minimum Gasteiger partial charge on any atom is -0.478 e. The summed E-state index contributed by atoms with van der Waals surface area (Å²) in [6.45, 7) is 1.12. The van der Waals surface area contributed by atoms with E-state index in [0.717, 1.165) is 24.1 Å². The lowest BCUT2D eigenvalue weighted by Crippen LogP contribution is -2.19. The Morgan fingerprint density at radius 2 is 2.06 bits per heavy atom. The van der Waals surface area contributed by atoms with E-state index >= 15 is 0 Å². The average Bonchev–Trinajstić information content (AvgIpc) is 3.11. The molecule has 0 spiro atoms. The van der Waals surface area contributed by atoms with Crippen LogP contribution in [0.5, 0.6) is 0 Å². The molecule has 0 atom stereocenters. The highest BCUT2D eigenvalue weighted by molar-refractivity contribution is 5.85. The Balaban J connectivity index is 1.98. The van der Waals surface area contributed by atoms with Gasteiger partial charge in [0.05, 0.1) is 0 Å². The van der Waals surface area contributed by atoms with Crippen LogP contribution in [0.15, 0.2) is 30.3 Å². The summed E-state index contributed by atoms with van der Waals surface area (Å²) in [4.78, 5) is 12.6. The van der Waals surface area contributed by atoms with Crippen molar-refractivity contribution in [3.63, 3.8) is 0 Å². The molecule has 0 aliphatic heterocycles. The first-order valence-electron chi connectivity index (χ1n) is 5.87. The van der Waals surface area contributed by atoms with Crippen LogP contribution in [0, 0.1) is 5.92 Å². The molecular weight excluding hydrogens is 214 g/mol. The minimum atomic E-state index is -0.917. The average molecular weight is 231 g/mol. The number of carboxylic acids is 1. The summed E-state index contributed by atoms with van der Waals surface area (Å²) in [5.41, 5.74) is 2.10. The van der Waals surface area contributed by atoms with Crippen LogP contribution in [0.3, 0.4) is 0 Å². The first-order chi connectivity index (χ1) is 8.15. The topological polar surface area (TPSA) is 40.5 Å². The second-order valence-electron chi connectivity index (χ2n) is 4.59. The van der Waals surface area contributed by atoms with Crippen LogP contribution in [0.4, 0.5) is 5.69 Å². The highest BCUT2D eigenvalue weighted by atomic mass is 16.4. The molecule has 3 heteroatoms. The second-order valence-corrected chi connectivity index (χ2v) is 4.59. The molecule has 2 rings (SSSR count). The Bertz CT molecular complexity index is 418. The summed E-state index contributed by atoms with van der Waals surface area (Å²) < 4.78 is 0. The molecule has 3 nitrogen and oxygen atoms in total. The van der Waals surface area contributed by atoms with Gasteiger partial charge in [-0.3, -0.25) is 0 Å². The predicted molar refractivity (Wildman–Crippen MR) is 69.1 cm³/mol. The Morgan fingerprint density at radius 1 is 1.41 bits per heavy atom. The van der Waals surface area contributed by atoms with E-state index in [1.807, 2.05) is 24.3 Å². The van der Waals surface area contributed by atoms with Crippen LogP contribution in [0.1, 0.15) is 18.4 Å². The van der Waals surface area contributed by atoms with Gasteiger partial charge in [0, 0.05) is 25.4 Å². The van der Waals surface area contributed by atoms with Gasteiger partial charge in [0.15, 0.2) is 0 Å². The Morgan fingerprint density at radius 3 is 2.59 bits per heavy atom. The molecule has 90 valence electrons. The van der Waals surface area contributed by atoms with Crippen molar-refractivity contribution in [1.82, 2.24) is 0 Å². The summed E-state index contributed by atoms with van der Waals surface area (Å²) in [7, 11) is 2.10. The van der Waals surface area contributed by atoms with Crippen LogP contribution in [0.2, 0.25) is 0 Å². The fourth-order valence-corrected chi connectivity index (χ4v) is 1.80. The summed E-state index contributed by atoms with van der Waals surface area (Å²) in [5, 5.41) is 8.53. The van der Waals surface area contributed by atoms with Gasteiger partial charge in [-0.15, -0.1) is 0 Å². The van der Waals surface area contributed by atoms with Gasteiger partial charge in [0.2, 0.25) is 0 Å². The van der Waals surface area contributed by atoms with Gasteiger partial charge in [0.25, 0.3) is 0 Å². The van der Waals surface area contributed by atoms with E-state index in [2.05, 4.69) is 11.9 Å². The third-order valence-corrected chi connectivity index (χ3v) is 2.98. The molecule has 1 fully saturated rings. The molecule has 1 aliphatic carbocycles. The van der Waals surface area contributed by atoms with Crippen molar-refractivity contribution in [2.75, 3.05) is 18.5 Å². The predicted octanol–water partition coefficient (Wildman–Crippen LogP) is 2.63. The largest absolute Gasteiger partial charge is 0.478 e. The van der Waals surface area contributed by atoms with E-state index in [-0.39, 0.29) is 0 Å². The first kappa shape index (κ1) is 11.7. The number of aliphatic carboxylic acids is 1. The quantitative estimate of drug-likeness (QED) is 0.792. The van der Waals surface area contributed by atoms with Crippen molar-refractivity contribution < 1.29 is 9.90 Å². The third-order valence-electron chi connectivity index (χ3n) is 2.98. The van der Waals surface area contributed by atoms with Crippen LogP contribution in [-0.4, -0.2) is 24.7 Å². The van der Waals surface area contributed by atoms with Gasteiger partial charge >= 0.3 is 5.97 Å². The highest BCUT2D eigenvalue weighted by Crippen LogP contribution is 2.30. The van der Waals surface area contributed by atoms with Gasteiger partial charge in [-0.05, 0) is 42.5 Å². The van der Waals surface area contributed by atoms with Crippen LogP contribution >= 0.6 is 0 Å². The molecule has 0 radical (unpaired) electrons. The number of nitrogens with zero attached hydrogens (tertiary/aromatic N) is 1. The number of anilines is 1. The molecule has 0 aromatic heterocycles. The van der Waals surface area contributed by atoms with E-state index in [1.165, 1.54) is 18.5 Å². The third kappa shape index (κ3) is 3.63. The number of benzene rings is 1. The zero-order valence-electron chi connectivity index (χ0n) is 9.97. The Kier molecular flexibility index (Phi) is 3.47. The van der Waals surface area contributed by atoms with E-state index < -0.39 is 5.97 Å². The molecule has 0 bridgehead atoms. The van der Waals surface area contributed by atoms with Gasteiger partial charge in [-0.2, -0.15) is 0 Å². The molecule has 17 heavy (non-hydrogen) atoms. The molecule has 0 amide bonds. The van der Waals surface area contributed by atoms with Crippen LogP contribution < -0.4 is 4.90 Å². The second kappa shape index (κ2) is 5.04. The van der Waals surface area contributed by atoms with Gasteiger partial charge < -0.3 is 10.0 Å². The van der Waals surface area contributed by atoms with Gasteiger partial charge in [-0.25, -0.2) is 4.79 Å². The zero-order chi connectivity index (χ0) is 12.3. The van der Waals surface area contributed by atoms with Crippen molar-refractivity contribution in [1.29, 1.82) is 0 Å². The maximum absolute atomic E-state index is 10.4. The maximum atomic E-state index is 10.4. The fourth-order valence-electron chi connectivity index (χ4n) is 1.80. The standard InChI is InChI=1S/C14H17NO2/c1-15(10-12-2-3-12)13-7-4-11(5-8-13)6-9-14(16)17/h4-9,12H,2-3,10H2,1H3,(H,16,17)/b9-6+. The molecule has 0 unspecified atom stereocenters. The molecule has 1 N–H and O–H groups in total. The Labute approximate surface area is 101 Å². The lowest BCUT2D eigenvalue weighted by atomic mass is 10.2. The SMILES string of the molecule is CN(CC1CC1)c1ccc(/C=C/C(=O)O)cc1. The summed E-state index contributed by atoms with van der Waals surface area (Å²) in [6.07, 6.45) is 5.46. The first-order valence-corrected chi connectivity index (χ1v) is 5.87. The summed E-state index contributed by atoms with van der Waals surface area (Å²) in [5.74, 6) is -0.0495. The highest BCUT2D eigenvalue weighted by Gasteiger charge is 2.22. The molecule has 1 aromatic rings. The number of rotatable bonds is 5. The van der Waals surface area contributed by atoms with Gasteiger partial charge in [0.1, 0.15) is 0 Å². The summed E-state index contributed by atoms with van der Waals surface area (Å²) in [6, 6.07) is 7.95. The van der Waals surface area contributed by atoms with E-state index in [9.17, 15) is 4.79 Å². The smallest absolute Gasteiger partial charge is 0.328 e. The lowest BCUT2D eigenvalue weighted by Gasteiger charge is -2.18. The zero-order valence-corrected chi connectivity index (χ0v) is 9.97. The molecule has 1 saturated carbocycles. The van der Waals surface area contributed by atoms with E-state index in [0.29, 0.717) is 0 Å². The van der Waals surface area contributed by atoms with Crippen LogP contribution in [0.25, 0.3) is 6.08 Å². The van der Waals surface area contributed by atoms with Crippen molar-refractivity contribution >= 4 is 17.7 Å². The molecule has 1 aliphatic rings. The lowest BCUT2D eigenvalue weighted by molar-refractivity contribution is -0.131. The summed E-state index contributed by atoms with van der Waals surface area (Å²) >= 11 is 0. The number of carboxylic acid groups (broad SMARTS) is 1. The van der Waals surface area contributed by atoms with Crippen molar-refractivity contribution in [2.24, 2.45) is 5.92 Å². The number of carbonyl (C=O) groups is 1. The van der Waals surface area contributed by atoms with Crippen molar-refractivity contribution in [3.05, 3.63) is 35.9 Å².